The fourth-order valence-corrected chi connectivity index (χ4v) is 2.33. The number of likely N-dealkylation sites (tertiary alicyclic amines) is 1. The number of hydrogen-bond donors (Lipinski definition) is 1. The molecule has 1 aliphatic rings. The van der Waals surface area contributed by atoms with E-state index in [0.29, 0.717) is 6.61 Å². The molecule has 0 aromatic heterocycles. The predicted octanol–water partition coefficient (Wildman–Crippen LogP) is 1.51. The van der Waals surface area contributed by atoms with Crippen molar-refractivity contribution in [2.75, 3.05) is 40.0 Å². The molecule has 15 heavy (non-hydrogen) atoms. The fraction of sp³-hybridized carbons (Fsp3) is 1.00. The molecule has 1 unspecified atom stereocenters. The molecule has 0 radical (unpaired) electrons. The molecule has 0 aromatic rings. The van der Waals surface area contributed by atoms with Crippen molar-refractivity contribution in [2.24, 2.45) is 5.41 Å². The second kappa shape index (κ2) is 6.46. The molecule has 1 N–H and O–H groups in total. The first-order chi connectivity index (χ1) is 7.20. The summed E-state index contributed by atoms with van der Waals surface area (Å²) in [7, 11) is 1.75. The van der Waals surface area contributed by atoms with E-state index in [4.69, 9.17) is 4.74 Å². The van der Waals surface area contributed by atoms with E-state index >= 15 is 0 Å². The van der Waals surface area contributed by atoms with Crippen molar-refractivity contribution < 1.29 is 9.84 Å². The Labute approximate surface area is 93.4 Å². The van der Waals surface area contributed by atoms with Crippen molar-refractivity contribution in [3.05, 3.63) is 0 Å². The first-order valence-corrected chi connectivity index (χ1v) is 6.02. The van der Waals surface area contributed by atoms with Gasteiger partial charge in [0.15, 0.2) is 0 Å². The number of piperidine rings is 1. The Morgan fingerprint density at radius 2 is 2.20 bits per heavy atom. The van der Waals surface area contributed by atoms with Crippen LogP contribution in [0, 0.1) is 5.41 Å². The summed E-state index contributed by atoms with van der Waals surface area (Å²) in [6.07, 6.45) is 4.73. The molecule has 0 amide bonds. The van der Waals surface area contributed by atoms with Crippen molar-refractivity contribution in [1.29, 1.82) is 0 Å². The molecule has 1 rings (SSSR count). The van der Waals surface area contributed by atoms with Gasteiger partial charge in [0, 0.05) is 32.3 Å². The van der Waals surface area contributed by atoms with Crippen molar-refractivity contribution >= 4 is 0 Å². The van der Waals surface area contributed by atoms with Crippen LogP contribution in [-0.4, -0.2) is 50.0 Å². The van der Waals surface area contributed by atoms with Gasteiger partial charge in [-0.15, -0.1) is 0 Å². The lowest BCUT2D eigenvalue weighted by Gasteiger charge is -2.39. The summed E-state index contributed by atoms with van der Waals surface area (Å²) in [6, 6.07) is 0. The highest BCUT2D eigenvalue weighted by Crippen LogP contribution is 2.28. The summed E-state index contributed by atoms with van der Waals surface area (Å²) in [4.78, 5) is 2.48. The molecule has 1 saturated heterocycles. The molecule has 1 heterocycles. The lowest BCUT2D eigenvalue weighted by molar-refractivity contribution is 0.0449. The SMILES string of the molecule is COCCCCN1CCCC(C)(CO)C1. The minimum Gasteiger partial charge on any atom is -0.396 e. The predicted molar refractivity (Wildman–Crippen MR) is 62.0 cm³/mol. The number of methoxy groups -OCH3 is 1. The Kier molecular flexibility index (Phi) is 5.58. The molecule has 0 saturated carbocycles. The van der Waals surface area contributed by atoms with Gasteiger partial charge in [0.25, 0.3) is 0 Å². The smallest absolute Gasteiger partial charge is 0.0497 e. The van der Waals surface area contributed by atoms with E-state index in [1.54, 1.807) is 7.11 Å². The van der Waals surface area contributed by atoms with Gasteiger partial charge in [0.2, 0.25) is 0 Å². The molecule has 1 atom stereocenters. The molecule has 3 heteroatoms. The molecule has 1 fully saturated rings. The number of aliphatic hydroxyl groups is 1. The third-order valence-electron chi connectivity index (χ3n) is 3.31. The monoisotopic (exact) mass is 215 g/mol. The van der Waals surface area contributed by atoms with Gasteiger partial charge < -0.3 is 14.7 Å². The van der Waals surface area contributed by atoms with Crippen LogP contribution >= 0.6 is 0 Å². The second-order valence-electron chi connectivity index (χ2n) is 5.05. The molecule has 90 valence electrons. The van der Waals surface area contributed by atoms with Gasteiger partial charge >= 0.3 is 0 Å². The summed E-state index contributed by atoms with van der Waals surface area (Å²) in [5.74, 6) is 0. The van der Waals surface area contributed by atoms with Crippen LogP contribution in [0.1, 0.15) is 32.6 Å². The lowest BCUT2D eigenvalue weighted by atomic mass is 9.83. The molecule has 1 aliphatic heterocycles. The van der Waals surface area contributed by atoms with Gasteiger partial charge in [-0.05, 0) is 38.8 Å². The fourth-order valence-electron chi connectivity index (χ4n) is 2.33. The van der Waals surface area contributed by atoms with E-state index in [0.717, 1.165) is 32.5 Å². The summed E-state index contributed by atoms with van der Waals surface area (Å²) in [5.41, 5.74) is 0.138. The van der Waals surface area contributed by atoms with Gasteiger partial charge in [-0.2, -0.15) is 0 Å². The maximum atomic E-state index is 9.33. The first-order valence-electron chi connectivity index (χ1n) is 6.02. The number of unbranched alkanes of at least 4 members (excludes halogenated alkanes) is 1. The molecule has 3 nitrogen and oxygen atoms in total. The summed E-state index contributed by atoms with van der Waals surface area (Å²) >= 11 is 0. The standard InChI is InChI=1S/C12H25NO2/c1-12(11-14)6-5-8-13(10-12)7-3-4-9-15-2/h14H,3-11H2,1-2H3. The maximum absolute atomic E-state index is 9.33. The Balaban J connectivity index is 2.18. The lowest BCUT2D eigenvalue weighted by Crippen LogP contribution is -2.43. The largest absolute Gasteiger partial charge is 0.396 e. The summed E-state index contributed by atoms with van der Waals surface area (Å²) in [6.45, 7) is 6.78. The van der Waals surface area contributed by atoms with Gasteiger partial charge in [0.05, 0.1) is 0 Å². The highest BCUT2D eigenvalue weighted by Gasteiger charge is 2.29. The Morgan fingerprint density at radius 3 is 2.87 bits per heavy atom. The van der Waals surface area contributed by atoms with Gasteiger partial charge in [0.1, 0.15) is 0 Å². The quantitative estimate of drug-likeness (QED) is 0.682. The minimum atomic E-state index is 0.138. The molecule has 0 aliphatic carbocycles. The van der Waals surface area contributed by atoms with Gasteiger partial charge in [-0.1, -0.05) is 6.92 Å². The molecular weight excluding hydrogens is 190 g/mol. The highest BCUT2D eigenvalue weighted by molar-refractivity contribution is 4.82. The number of ether oxygens (including phenoxy) is 1. The first kappa shape index (κ1) is 12.9. The van der Waals surface area contributed by atoms with Crippen molar-refractivity contribution in [3.8, 4) is 0 Å². The van der Waals surface area contributed by atoms with E-state index in [9.17, 15) is 5.11 Å². The highest BCUT2D eigenvalue weighted by atomic mass is 16.5. The molecular formula is C12H25NO2. The van der Waals surface area contributed by atoms with Gasteiger partial charge in [-0.25, -0.2) is 0 Å². The molecule has 0 aromatic carbocycles. The van der Waals surface area contributed by atoms with Crippen LogP contribution in [0.5, 0.6) is 0 Å². The van der Waals surface area contributed by atoms with Crippen LogP contribution < -0.4 is 0 Å². The van der Waals surface area contributed by atoms with Crippen molar-refractivity contribution in [3.63, 3.8) is 0 Å². The normalized spacial score (nSPS) is 28.2. The number of aliphatic hydroxyl groups excluding tert-OH is 1. The summed E-state index contributed by atoms with van der Waals surface area (Å²) < 4.78 is 5.03. The van der Waals surface area contributed by atoms with Crippen molar-refractivity contribution in [2.45, 2.75) is 32.6 Å². The summed E-state index contributed by atoms with van der Waals surface area (Å²) in [5, 5.41) is 9.33. The van der Waals surface area contributed by atoms with Crippen LogP contribution in [0.2, 0.25) is 0 Å². The number of nitrogens with zero attached hydrogens (tertiary/aromatic N) is 1. The second-order valence-corrected chi connectivity index (χ2v) is 5.05. The Morgan fingerprint density at radius 1 is 1.40 bits per heavy atom. The zero-order chi connectivity index (χ0) is 11.1. The Hall–Kier alpha value is -0.120. The van der Waals surface area contributed by atoms with E-state index in [2.05, 4.69) is 11.8 Å². The average molecular weight is 215 g/mol. The van der Waals surface area contributed by atoms with Crippen LogP contribution in [0.25, 0.3) is 0 Å². The minimum absolute atomic E-state index is 0.138. The van der Waals surface area contributed by atoms with E-state index in [1.165, 1.54) is 19.4 Å². The topological polar surface area (TPSA) is 32.7 Å². The Bertz CT molecular complexity index is 175. The average Bonchev–Trinajstić information content (AvgIpc) is 2.25. The van der Waals surface area contributed by atoms with Crippen LogP contribution in [0.3, 0.4) is 0 Å². The van der Waals surface area contributed by atoms with Crippen LogP contribution in [-0.2, 0) is 4.74 Å². The van der Waals surface area contributed by atoms with Crippen LogP contribution in [0.15, 0.2) is 0 Å². The van der Waals surface area contributed by atoms with E-state index in [-0.39, 0.29) is 5.41 Å². The van der Waals surface area contributed by atoms with Gasteiger partial charge in [-0.3, -0.25) is 0 Å². The van der Waals surface area contributed by atoms with Crippen LogP contribution in [0.4, 0.5) is 0 Å². The molecule has 0 bridgehead atoms. The van der Waals surface area contributed by atoms with E-state index in [1.807, 2.05) is 0 Å². The van der Waals surface area contributed by atoms with E-state index < -0.39 is 0 Å². The zero-order valence-electron chi connectivity index (χ0n) is 10.2. The van der Waals surface area contributed by atoms with Crippen molar-refractivity contribution in [1.82, 2.24) is 4.90 Å². The molecule has 0 spiro atoms. The number of hydrogen-bond acceptors (Lipinski definition) is 3. The third kappa shape index (κ3) is 4.49. The third-order valence-corrected chi connectivity index (χ3v) is 3.31. The maximum Gasteiger partial charge on any atom is 0.0497 e. The zero-order valence-corrected chi connectivity index (χ0v) is 10.2. The number of rotatable bonds is 6.